The third-order valence-corrected chi connectivity index (χ3v) is 5.45. The smallest absolute Gasteiger partial charge is 0.336 e. The standard InChI is InChI=1S/C20H27N3O4/c1-4-27-19(25)16-9-11-21(12-10-16)13-22-18(24)15(3)23(20(22)26)17-7-5-14(2)6-8-17/h5-8,15-16H,4,9-13H2,1-3H3/p+1/t15-/m1/s1. The Labute approximate surface area is 159 Å². The third kappa shape index (κ3) is 3.98. The summed E-state index contributed by atoms with van der Waals surface area (Å²) in [6, 6.07) is 6.85. The summed E-state index contributed by atoms with van der Waals surface area (Å²) in [4.78, 5) is 41.5. The molecule has 7 heteroatoms. The highest BCUT2D eigenvalue weighted by atomic mass is 16.5. The van der Waals surface area contributed by atoms with Crippen molar-refractivity contribution < 1.29 is 24.0 Å². The Morgan fingerprint density at radius 2 is 1.81 bits per heavy atom. The molecule has 0 unspecified atom stereocenters. The number of aryl methyl sites for hydroxylation is 1. The van der Waals surface area contributed by atoms with E-state index in [0.717, 1.165) is 42.1 Å². The maximum Gasteiger partial charge on any atom is 0.336 e. The fourth-order valence-corrected chi connectivity index (χ4v) is 3.81. The molecule has 3 rings (SSSR count). The van der Waals surface area contributed by atoms with Gasteiger partial charge in [-0.1, -0.05) is 17.7 Å². The van der Waals surface area contributed by atoms with Gasteiger partial charge in [-0.3, -0.25) is 14.5 Å². The van der Waals surface area contributed by atoms with Crippen molar-refractivity contribution in [1.82, 2.24) is 4.90 Å². The number of nitrogens with one attached hydrogen (secondary N) is 1. The Morgan fingerprint density at radius 1 is 1.19 bits per heavy atom. The number of quaternary nitrogens is 1. The molecule has 0 saturated carbocycles. The maximum atomic E-state index is 12.9. The molecule has 2 saturated heterocycles. The van der Waals surface area contributed by atoms with Gasteiger partial charge in [0.05, 0.1) is 25.6 Å². The predicted molar refractivity (Wildman–Crippen MR) is 100 cm³/mol. The van der Waals surface area contributed by atoms with Gasteiger partial charge in [-0.05, 0) is 32.9 Å². The number of amides is 3. The van der Waals surface area contributed by atoms with Crippen LogP contribution in [0.5, 0.6) is 0 Å². The average molecular weight is 374 g/mol. The Bertz CT molecular complexity index is 710. The van der Waals surface area contributed by atoms with Gasteiger partial charge in [-0.25, -0.2) is 9.69 Å². The lowest BCUT2D eigenvalue weighted by Gasteiger charge is -2.30. The van der Waals surface area contributed by atoms with E-state index in [-0.39, 0.29) is 23.8 Å². The topological polar surface area (TPSA) is 71.4 Å². The van der Waals surface area contributed by atoms with Crippen LogP contribution in [-0.2, 0) is 14.3 Å². The van der Waals surface area contributed by atoms with E-state index in [4.69, 9.17) is 4.74 Å². The molecule has 0 aromatic heterocycles. The van der Waals surface area contributed by atoms with Gasteiger partial charge in [-0.15, -0.1) is 0 Å². The minimum absolute atomic E-state index is 0.0679. The number of nitrogens with zero attached hydrogens (tertiary/aromatic N) is 2. The Kier molecular flexibility index (Phi) is 5.79. The summed E-state index contributed by atoms with van der Waals surface area (Å²) in [6.07, 6.45) is 1.45. The molecule has 7 nitrogen and oxygen atoms in total. The second-order valence-electron chi connectivity index (χ2n) is 7.36. The molecule has 1 N–H and O–H groups in total. The van der Waals surface area contributed by atoms with Crippen molar-refractivity contribution in [1.29, 1.82) is 0 Å². The highest BCUT2D eigenvalue weighted by Crippen LogP contribution is 2.25. The molecule has 27 heavy (non-hydrogen) atoms. The molecule has 2 heterocycles. The van der Waals surface area contributed by atoms with Crippen molar-refractivity contribution >= 4 is 23.6 Å². The quantitative estimate of drug-likeness (QED) is 0.616. The highest BCUT2D eigenvalue weighted by Gasteiger charge is 2.45. The minimum atomic E-state index is -0.503. The van der Waals surface area contributed by atoms with Crippen LogP contribution in [-0.4, -0.2) is 55.2 Å². The number of benzene rings is 1. The number of esters is 1. The normalized spacial score (nSPS) is 25.8. The van der Waals surface area contributed by atoms with Gasteiger partial charge >= 0.3 is 12.0 Å². The summed E-state index contributed by atoms with van der Waals surface area (Å²) < 4.78 is 5.10. The van der Waals surface area contributed by atoms with Crippen LogP contribution in [0.4, 0.5) is 10.5 Å². The van der Waals surface area contributed by atoms with Gasteiger partial charge in [-0.2, -0.15) is 0 Å². The molecule has 1 atom stereocenters. The summed E-state index contributed by atoms with van der Waals surface area (Å²) in [5.41, 5.74) is 1.85. The number of hydrogen-bond acceptors (Lipinski definition) is 4. The first-order valence-corrected chi connectivity index (χ1v) is 9.63. The van der Waals surface area contributed by atoms with E-state index in [1.807, 2.05) is 38.1 Å². The van der Waals surface area contributed by atoms with Gasteiger partial charge in [0.1, 0.15) is 6.04 Å². The number of carbonyl (C=O) groups excluding carboxylic acids is 3. The van der Waals surface area contributed by atoms with Crippen molar-refractivity contribution in [3.63, 3.8) is 0 Å². The SMILES string of the molecule is CCOC(=O)C1CC[NH+](CN2C(=O)[C@@H](C)N(c3ccc(C)cc3)C2=O)CC1. The largest absolute Gasteiger partial charge is 0.466 e. The molecule has 0 radical (unpaired) electrons. The molecule has 146 valence electrons. The maximum absolute atomic E-state index is 12.9. The second-order valence-corrected chi connectivity index (χ2v) is 7.36. The van der Waals surface area contributed by atoms with E-state index in [0.29, 0.717) is 13.3 Å². The van der Waals surface area contributed by atoms with Crippen LogP contribution in [0.1, 0.15) is 32.3 Å². The van der Waals surface area contributed by atoms with Crippen LogP contribution in [0.15, 0.2) is 24.3 Å². The number of likely N-dealkylation sites (tertiary alicyclic amines) is 1. The van der Waals surface area contributed by atoms with Crippen molar-refractivity contribution in [3.05, 3.63) is 29.8 Å². The number of anilines is 1. The Morgan fingerprint density at radius 3 is 2.41 bits per heavy atom. The average Bonchev–Trinajstić information content (AvgIpc) is 2.87. The van der Waals surface area contributed by atoms with Crippen LogP contribution in [0.2, 0.25) is 0 Å². The zero-order valence-corrected chi connectivity index (χ0v) is 16.2. The van der Waals surface area contributed by atoms with Gasteiger partial charge < -0.3 is 9.64 Å². The first kappa shape index (κ1) is 19.4. The molecular formula is C20H28N3O4+. The van der Waals surface area contributed by atoms with E-state index >= 15 is 0 Å². The molecule has 0 spiro atoms. The van der Waals surface area contributed by atoms with Crippen LogP contribution in [0.3, 0.4) is 0 Å². The third-order valence-electron chi connectivity index (χ3n) is 5.45. The van der Waals surface area contributed by atoms with E-state index in [2.05, 4.69) is 0 Å². The van der Waals surface area contributed by atoms with E-state index < -0.39 is 6.04 Å². The van der Waals surface area contributed by atoms with E-state index in [1.165, 1.54) is 4.90 Å². The van der Waals surface area contributed by atoms with Gasteiger partial charge in [0.25, 0.3) is 5.91 Å². The molecule has 1 aromatic carbocycles. The van der Waals surface area contributed by atoms with Crippen molar-refractivity contribution in [3.8, 4) is 0 Å². The van der Waals surface area contributed by atoms with E-state index in [9.17, 15) is 14.4 Å². The van der Waals surface area contributed by atoms with Crippen molar-refractivity contribution in [2.45, 2.75) is 39.7 Å². The Hall–Kier alpha value is -2.41. The monoisotopic (exact) mass is 374 g/mol. The molecule has 2 aliphatic heterocycles. The molecule has 2 aliphatic rings. The van der Waals surface area contributed by atoms with Crippen molar-refractivity contribution in [2.24, 2.45) is 5.92 Å². The molecule has 2 fully saturated rings. The van der Waals surface area contributed by atoms with Crippen LogP contribution >= 0.6 is 0 Å². The zero-order valence-electron chi connectivity index (χ0n) is 16.2. The first-order valence-electron chi connectivity index (χ1n) is 9.63. The molecule has 3 amide bonds. The minimum Gasteiger partial charge on any atom is -0.466 e. The number of ether oxygens (including phenoxy) is 1. The number of hydrogen-bond donors (Lipinski definition) is 1. The summed E-state index contributed by atoms with van der Waals surface area (Å²) in [7, 11) is 0. The summed E-state index contributed by atoms with van der Waals surface area (Å²) in [5.74, 6) is -0.369. The molecule has 0 bridgehead atoms. The second kappa shape index (κ2) is 8.08. The number of rotatable bonds is 5. The van der Waals surface area contributed by atoms with Gasteiger partial charge in [0.15, 0.2) is 6.67 Å². The lowest BCUT2D eigenvalue weighted by molar-refractivity contribution is -0.912. The fourth-order valence-electron chi connectivity index (χ4n) is 3.81. The summed E-state index contributed by atoms with van der Waals surface area (Å²) in [6.45, 7) is 7.81. The van der Waals surface area contributed by atoms with Gasteiger partial charge in [0.2, 0.25) is 0 Å². The number of piperidine rings is 1. The highest BCUT2D eigenvalue weighted by molar-refractivity contribution is 6.13. The fraction of sp³-hybridized carbons (Fsp3) is 0.550. The summed E-state index contributed by atoms with van der Waals surface area (Å²) in [5, 5.41) is 0. The van der Waals surface area contributed by atoms with Crippen LogP contribution in [0.25, 0.3) is 0 Å². The molecule has 1 aromatic rings. The zero-order chi connectivity index (χ0) is 19.6. The first-order chi connectivity index (χ1) is 12.9. The predicted octanol–water partition coefficient (Wildman–Crippen LogP) is 0.968. The lowest BCUT2D eigenvalue weighted by atomic mass is 9.97. The van der Waals surface area contributed by atoms with E-state index in [1.54, 1.807) is 11.8 Å². The molecular weight excluding hydrogens is 346 g/mol. The number of carbonyl (C=O) groups is 3. The van der Waals surface area contributed by atoms with Crippen molar-refractivity contribution in [2.75, 3.05) is 31.3 Å². The summed E-state index contributed by atoms with van der Waals surface area (Å²) >= 11 is 0. The van der Waals surface area contributed by atoms with Gasteiger partial charge in [0, 0.05) is 18.5 Å². The Balaban J connectivity index is 1.62. The lowest BCUT2D eigenvalue weighted by Crippen LogP contribution is -3.14. The molecule has 0 aliphatic carbocycles. The van der Waals surface area contributed by atoms with Crippen LogP contribution < -0.4 is 9.80 Å². The van der Waals surface area contributed by atoms with Crippen LogP contribution in [0, 0.1) is 12.8 Å². The number of urea groups is 1. The number of imide groups is 1.